The van der Waals surface area contributed by atoms with E-state index >= 15 is 0 Å². The summed E-state index contributed by atoms with van der Waals surface area (Å²) < 4.78 is 7.77. The number of urea groups is 1. The van der Waals surface area contributed by atoms with E-state index in [-0.39, 0.29) is 23.4 Å². The first-order valence-electron chi connectivity index (χ1n) is 12.3. The van der Waals surface area contributed by atoms with Crippen molar-refractivity contribution in [2.24, 2.45) is 16.8 Å². The molecule has 2 aromatic rings. The third-order valence-corrected chi connectivity index (χ3v) is 6.73. The quantitative estimate of drug-likeness (QED) is 0.479. The first kappa shape index (κ1) is 25.8. The van der Waals surface area contributed by atoms with E-state index in [0.717, 1.165) is 29.1 Å². The van der Waals surface area contributed by atoms with E-state index < -0.39 is 0 Å². The zero-order valence-corrected chi connectivity index (χ0v) is 22.2. The molecular weight excluding hydrogens is 474 g/mol. The monoisotopic (exact) mass is 507 g/mol. The first-order valence-corrected chi connectivity index (χ1v) is 12.6. The van der Waals surface area contributed by atoms with Gasteiger partial charge in [0.25, 0.3) is 0 Å². The van der Waals surface area contributed by atoms with Crippen LogP contribution in [0.5, 0.6) is 0 Å². The second-order valence-corrected chi connectivity index (χ2v) is 10.8. The second-order valence-electron chi connectivity index (χ2n) is 10.4. The summed E-state index contributed by atoms with van der Waals surface area (Å²) in [4.78, 5) is 17.3. The van der Waals surface area contributed by atoms with Crippen molar-refractivity contribution in [3.63, 3.8) is 0 Å². The fraction of sp³-hybridized carbons (Fsp3) is 0.393. The van der Waals surface area contributed by atoms with Crippen molar-refractivity contribution >= 4 is 29.7 Å². The molecule has 36 heavy (non-hydrogen) atoms. The smallest absolute Gasteiger partial charge is 0.320 e. The Kier molecular flexibility index (Phi) is 7.69. The fourth-order valence-corrected chi connectivity index (χ4v) is 4.44. The highest BCUT2D eigenvalue weighted by Crippen LogP contribution is 2.30. The average Bonchev–Trinajstić information content (AvgIpc) is 3.26. The number of nitrogens with zero attached hydrogens (tertiary/aromatic N) is 3. The molecule has 4 rings (SSSR count). The van der Waals surface area contributed by atoms with E-state index in [4.69, 9.17) is 21.4 Å². The van der Waals surface area contributed by atoms with Crippen LogP contribution in [-0.4, -0.2) is 34.7 Å². The lowest BCUT2D eigenvalue weighted by Gasteiger charge is -2.29. The Hall–Kier alpha value is -3.32. The van der Waals surface area contributed by atoms with Gasteiger partial charge in [0.05, 0.1) is 23.6 Å². The van der Waals surface area contributed by atoms with E-state index in [2.05, 4.69) is 43.3 Å². The van der Waals surface area contributed by atoms with Crippen molar-refractivity contribution in [2.75, 3.05) is 11.9 Å². The Bertz CT molecular complexity index is 1220. The Balaban J connectivity index is 1.45. The number of ether oxygens (including phenoxy) is 1. The maximum atomic E-state index is 13.1. The summed E-state index contributed by atoms with van der Waals surface area (Å²) in [6.45, 7) is 10.8. The van der Waals surface area contributed by atoms with Crippen molar-refractivity contribution in [1.29, 1.82) is 0 Å². The van der Waals surface area contributed by atoms with E-state index in [1.165, 1.54) is 0 Å². The number of benzene rings is 1. The summed E-state index contributed by atoms with van der Waals surface area (Å²) in [5.74, 6) is 1.75. The van der Waals surface area contributed by atoms with E-state index in [9.17, 15) is 4.79 Å². The van der Waals surface area contributed by atoms with Crippen LogP contribution in [0.3, 0.4) is 0 Å². The number of allylic oxidation sites excluding steroid dienone is 3. The maximum absolute atomic E-state index is 13.1. The van der Waals surface area contributed by atoms with Gasteiger partial charge < -0.3 is 10.1 Å². The predicted molar refractivity (Wildman–Crippen MR) is 146 cm³/mol. The van der Waals surface area contributed by atoms with Crippen LogP contribution in [0, 0.1) is 11.8 Å². The van der Waals surface area contributed by atoms with Gasteiger partial charge in [0.1, 0.15) is 18.2 Å². The summed E-state index contributed by atoms with van der Waals surface area (Å²) in [5.41, 5.74) is 2.54. The number of carbonyl (C=O) groups is 1. The van der Waals surface area contributed by atoms with Gasteiger partial charge in [0, 0.05) is 35.1 Å². The molecule has 0 saturated carbocycles. The number of carbonyl (C=O) groups excluding carboxylic acids is 1. The number of halogens is 1. The highest BCUT2D eigenvalue weighted by atomic mass is 35.5. The number of rotatable bonds is 6. The van der Waals surface area contributed by atoms with Gasteiger partial charge in [-0.05, 0) is 29.7 Å². The average molecular weight is 508 g/mol. The van der Waals surface area contributed by atoms with Gasteiger partial charge in [-0.1, -0.05) is 70.5 Å². The van der Waals surface area contributed by atoms with E-state index in [1.54, 1.807) is 10.9 Å². The van der Waals surface area contributed by atoms with Crippen LogP contribution in [0.4, 0.5) is 10.6 Å². The lowest BCUT2D eigenvalue weighted by molar-refractivity contribution is 0.209. The number of anilines is 1. The van der Waals surface area contributed by atoms with Gasteiger partial charge in [-0.2, -0.15) is 5.10 Å². The topological polar surface area (TPSA) is 80.5 Å². The lowest BCUT2D eigenvalue weighted by Crippen LogP contribution is -2.42. The SMILES string of the molecule is CC1C=NC=C(OCC2=C(Cl)C=CC(NC(=O)Nc3cc(C(C)(C)C)nn3-c3ccccc3)C2C)C1. The normalized spacial score (nSPS) is 21.8. The molecule has 3 unspecified atom stereocenters. The highest BCUT2D eigenvalue weighted by molar-refractivity contribution is 6.31. The Labute approximate surface area is 218 Å². The largest absolute Gasteiger partial charge is 0.492 e. The zero-order valence-electron chi connectivity index (χ0n) is 21.5. The van der Waals surface area contributed by atoms with Crippen molar-refractivity contribution in [3.8, 4) is 5.69 Å². The van der Waals surface area contributed by atoms with Gasteiger partial charge >= 0.3 is 6.03 Å². The van der Waals surface area contributed by atoms with Crippen molar-refractivity contribution < 1.29 is 9.53 Å². The molecule has 8 heteroatoms. The predicted octanol–water partition coefficient (Wildman–Crippen LogP) is 6.33. The van der Waals surface area contributed by atoms with Crippen LogP contribution < -0.4 is 10.6 Å². The van der Waals surface area contributed by atoms with Crippen molar-refractivity contribution in [1.82, 2.24) is 15.1 Å². The second kappa shape index (κ2) is 10.7. The molecule has 0 saturated heterocycles. The Morgan fingerprint density at radius 1 is 1.22 bits per heavy atom. The molecule has 1 aromatic carbocycles. The lowest BCUT2D eigenvalue weighted by atomic mass is 9.89. The summed E-state index contributed by atoms with van der Waals surface area (Å²) in [5, 5.41) is 11.5. The third-order valence-electron chi connectivity index (χ3n) is 6.36. The molecule has 2 N–H and O–H groups in total. The molecule has 7 nitrogen and oxygen atoms in total. The summed E-state index contributed by atoms with van der Waals surface area (Å²) in [6.07, 6.45) is 8.22. The fourth-order valence-electron chi connectivity index (χ4n) is 4.14. The van der Waals surface area contributed by atoms with E-state index in [1.807, 2.05) is 61.7 Å². The molecule has 2 amide bonds. The molecule has 1 aromatic heterocycles. The third kappa shape index (κ3) is 6.08. The molecule has 1 aliphatic heterocycles. The van der Waals surface area contributed by atoms with Crippen molar-refractivity contribution in [2.45, 2.75) is 52.5 Å². The molecule has 3 atom stereocenters. The van der Waals surface area contributed by atoms with Gasteiger partial charge in [0.2, 0.25) is 0 Å². The maximum Gasteiger partial charge on any atom is 0.320 e. The van der Waals surface area contributed by atoms with Gasteiger partial charge in [-0.25, -0.2) is 9.48 Å². The standard InChI is InChI=1S/C28H34ClN5O2/c1-18-13-21(16-30-15-18)36-17-22-19(2)24(12-11-23(22)29)31-27(35)32-26-14-25(28(3,4)5)33-34(26)20-9-7-6-8-10-20/h6-12,14-16,18-19,24H,13,17H2,1-5H3,(H2,31,32,35). The number of hydrogen-bond donors (Lipinski definition) is 2. The summed E-state index contributed by atoms with van der Waals surface area (Å²) >= 11 is 6.51. The minimum Gasteiger partial charge on any atom is -0.492 e. The Morgan fingerprint density at radius 2 is 1.97 bits per heavy atom. The first-order chi connectivity index (χ1) is 17.1. The molecule has 2 aliphatic rings. The molecule has 0 radical (unpaired) electrons. The molecule has 0 bridgehead atoms. The van der Waals surface area contributed by atoms with Crippen LogP contribution in [-0.2, 0) is 10.2 Å². The molecule has 0 fully saturated rings. The summed E-state index contributed by atoms with van der Waals surface area (Å²) in [7, 11) is 0. The minimum atomic E-state index is -0.314. The molecular formula is C28H34ClN5O2. The number of nitrogens with one attached hydrogen (secondary N) is 2. The molecule has 190 valence electrons. The highest BCUT2D eigenvalue weighted by Gasteiger charge is 2.27. The zero-order chi connectivity index (χ0) is 25.9. The van der Waals surface area contributed by atoms with Gasteiger partial charge in [-0.15, -0.1) is 0 Å². The number of aliphatic imine (C=N–C) groups is 1. The van der Waals surface area contributed by atoms with Crippen LogP contribution in [0.15, 0.2) is 76.1 Å². The van der Waals surface area contributed by atoms with Crippen LogP contribution in [0.2, 0.25) is 0 Å². The van der Waals surface area contributed by atoms with Crippen molar-refractivity contribution in [3.05, 3.63) is 76.8 Å². The van der Waals surface area contributed by atoms with Gasteiger partial charge in [0.15, 0.2) is 0 Å². The van der Waals surface area contributed by atoms with Crippen LogP contribution in [0.25, 0.3) is 5.69 Å². The van der Waals surface area contributed by atoms with E-state index in [0.29, 0.717) is 23.4 Å². The number of hydrogen-bond acceptors (Lipinski definition) is 4. The number of para-hydroxylation sites is 1. The number of amides is 2. The minimum absolute atomic E-state index is 0.0393. The molecule has 1 aliphatic carbocycles. The summed E-state index contributed by atoms with van der Waals surface area (Å²) in [6, 6.07) is 11.1. The molecule has 2 heterocycles. The van der Waals surface area contributed by atoms with Crippen LogP contribution >= 0.6 is 11.6 Å². The van der Waals surface area contributed by atoms with Crippen LogP contribution in [0.1, 0.15) is 46.7 Å². The molecule has 0 spiro atoms. The number of aromatic nitrogens is 2. The van der Waals surface area contributed by atoms with Gasteiger partial charge in [-0.3, -0.25) is 10.3 Å². The Morgan fingerprint density at radius 3 is 2.67 bits per heavy atom.